The Labute approximate surface area is 228 Å². The van der Waals surface area contributed by atoms with Gasteiger partial charge < -0.3 is 15.2 Å². The Morgan fingerprint density at radius 2 is 1.76 bits per heavy atom. The van der Waals surface area contributed by atoms with Crippen molar-refractivity contribution in [3.8, 4) is 11.5 Å². The summed E-state index contributed by atoms with van der Waals surface area (Å²) in [5.41, 5.74) is 0.588. The molecule has 0 radical (unpaired) electrons. The number of phenols is 1. The van der Waals surface area contributed by atoms with Crippen LogP contribution in [0.3, 0.4) is 0 Å². The number of carbonyl (C=O) groups excluding carboxylic acids is 1. The number of hydrogen-bond acceptors (Lipinski definition) is 7. The van der Waals surface area contributed by atoms with Crippen molar-refractivity contribution in [3.05, 3.63) is 81.8 Å². The van der Waals surface area contributed by atoms with Crippen molar-refractivity contribution in [2.75, 3.05) is 11.9 Å². The molecule has 1 amide bonds. The minimum absolute atomic E-state index is 0.0322. The number of benzene rings is 4. The first kappa shape index (κ1) is 27.3. The van der Waals surface area contributed by atoms with E-state index in [2.05, 4.69) is 15.5 Å². The smallest absolute Gasteiger partial charge is 0.294 e. The normalized spacial score (nSPS) is 11.7. The van der Waals surface area contributed by atoms with E-state index in [1.54, 1.807) is 49.4 Å². The van der Waals surface area contributed by atoms with Crippen LogP contribution in [0, 0.1) is 6.92 Å². The van der Waals surface area contributed by atoms with Crippen LogP contribution in [-0.4, -0.2) is 30.6 Å². The highest BCUT2D eigenvalue weighted by atomic mass is 35.5. The van der Waals surface area contributed by atoms with Gasteiger partial charge in [0.25, 0.3) is 16.0 Å². The fourth-order valence-corrected chi connectivity index (χ4v) is 4.61. The average molecular weight is 574 g/mol. The maximum atomic E-state index is 13.2. The molecule has 38 heavy (non-hydrogen) atoms. The standard InChI is InChI=1S/C26H21Cl2N3O6S/c1-3-37-16-8-9-20(27)23(11-16)29-26(33)19-10-15-6-4-5-7-18(15)24(25(19)32)31-30-22-13-17(38(34,35)36)12-21(28)14(22)2/h4-13,32H,3H2,1-2H3,(H,29,33)(H,34,35,36). The second-order valence-electron chi connectivity index (χ2n) is 8.10. The predicted molar refractivity (Wildman–Crippen MR) is 146 cm³/mol. The number of halogens is 2. The number of nitrogens with one attached hydrogen (secondary N) is 1. The molecule has 0 bridgehead atoms. The minimum Gasteiger partial charge on any atom is -0.505 e. The first-order chi connectivity index (χ1) is 18.0. The minimum atomic E-state index is -4.56. The van der Waals surface area contributed by atoms with Gasteiger partial charge in [0.1, 0.15) is 11.4 Å². The number of carbonyl (C=O) groups is 1. The summed E-state index contributed by atoms with van der Waals surface area (Å²) in [6.45, 7) is 3.84. The molecule has 0 fully saturated rings. The van der Waals surface area contributed by atoms with Gasteiger partial charge in [-0.2, -0.15) is 13.5 Å². The number of phenolic OH excluding ortho intramolecular Hbond substituents is 1. The van der Waals surface area contributed by atoms with E-state index in [1.165, 1.54) is 6.07 Å². The lowest BCUT2D eigenvalue weighted by Crippen LogP contribution is -2.12. The molecular formula is C26H21Cl2N3O6S. The van der Waals surface area contributed by atoms with Gasteiger partial charge in [0.05, 0.1) is 33.5 Å². The van der Waals surface area contributed by atoms with E-state index >= 15 is 0 Å². The lowest BCUT2D eigenvalue weighted by atomic mass is 10.0. The second kappa shape index (κ2) is 11.0. The molecule has 9 nitrogen and oxygen atoms in total. The van der Waals surface area contributed by atoms with Crippen LogP contribution in [0.1, 0.15) is 22.8 Å². The van der Waals surface area contributed by atoms with E-state index in [1.807, 2.05) is 6.92 Å². The van der Waals surface area contributed by atoms with Gasteiger partial charge in [0.2, 0.25) is 0 Å². The van der Waals surface area contributed by atoms with Crippen LogP contribution in [0.2, 0.25) is 10.0 Å². The molecule has 0 saturated carbocycles. The van der Waals surface area contributed by atoms with Gasteiger partial charge in [0.15, 0.2) is 5.75 Å². The van der Waals surface area contributed by atoms with Crippen molar-refractivity contribution in [1.82, 2.24) is 0 Å². The van der Waals surface area contributed by atoms with Crippen molar-refractivity contribution in [3.63, 3.8) is 0 Å². The van der Waals surface area contributed by atoms with Gasteiger partial charge in [0, 0.05) is 16.5 Å². The molecule has 12 heteroatoms. The number of nitrogens with zero attached hydrogens (tertiary/aromatic N) is 2. The lowest BCUT2D eigenvalue weighted by Gasteiger charge is -2.13. The van der Waals surface area contributed by atoms with Gasteiger partial charge in [-0.05, 0) is 55.1 Å². The molecule has 4 aromatic carbocycles. The number of anilines is 1. The summed E-state index contributed by atoms with van der Waals surface area (Å²) in [5.74, 6) is -0.616. The maximum Gasteiger partial charge on any atom is 0.294 e. The Morgan fingerprint density at radius 1 is 1.03 bits per heavy atom. The van der Waals surface area contributed by atoms with E-state index in [4.69, 9.17) is 27.9 Å². The molecule has 4 rings (SSSR count). The first-order valence-corrected chi connectivity index (χ1v) is 13.4. The van der Waals surface area contributed by atoms with Gasteiger partial charge in [-0.1, -0.05) is 47.5 Å². The van der Waals surface area contributed by atoms with Crippen LogP contribution < -0.4 is 10.1 Å². The van der Waals surface area contributed by atoms with Crippen molar-refractivity contribution in [1.29, 1.82) is 0 Å². The first-order valence-electron chi connectivity index (χ1n) is 11.2. The van der Waals surface area contributed by atoms with E-state index in [0.29, 0.717) is 28.7 Å². The topological polar surface area (TPSA) is 138 Å². The van der Waals surface area contributed by atoms with Crippen molar-refractivity contribution in [2.24, 2.45) is 10.2 Å². The van der Waals surface area contributed by atoms with E-state index in [-0.39, 0.29) is 32.7 Å². The second-order valence-corrected chi connectivity index (χ2v) is 10.3. The summed E-state index contributed by atoms with van der Waals surface area (Å²) < 4.78 is 38.1. The summed E-state index contributed by atoms with van der Waals surface area (Å²) in [4.78, 5) is 12.8. The van der Waals surface area contributed by atoms with E-state index in [0.717, 1.165) is 12.1 Å². The Bertz CT molecular complexity index is 1710. The average Bonchev–Trinajstić information content (AvgIpc) is 2.86. The monoisotopic (exact) mass is 573 g/mol. The number of azo groups is 1. The van der Waals surface area contributed by atoms with E-state index in [9.17, 15) is 22.9 Å². The quantitative estimate of drug-likeness (QED) is 0.155. The third kappa shape index (κ3) is 5.73. The third-order valence-corrected chi connectivity index (χ3v) is 7.14. The van der Waals surface area contributed by atoms with Crippen LogP contribution in [0.5, 0.6) is 11.5 Å². The van der Waals surface area contributed by atoms with Gasteiger partial charge in [-0.25, -0.2) is 0 Å². The number of aromatic hydroxyl groups is 1. The molecule has 0 aliphatic rings. The van der Waals surface area contributed by atoms with Gasteiger partial charge >= 0.3 is 0 Å². The number of amides is 1. The zero-order valence-corrected chi connectivity index (χ0v) is 22.4. The largest absolute Gasteiger partial charge is 0.505 e. The Balaban J connectivity index is 1.80. The number of fused-ring (bicyclic) bond motifs is 1. The molecule has 196 valence electrons. The molecule has 0 aromatic heterocycles. The molecule has 0 aliphatic carbocycles. The molecule has 0 spiro atoms. The molecule has 4 aromatic rings. The van der Waals surface area contributed by atoms with Crippen LogP contribution >= 0.6 is 23.2 Å². The number of hydrogen-bond donors (Lipinski definition) is 3. The molecule has 0 heterocycles. The molecule has 3 N–H and O–H groups in total. The highest BCUT2D eigenvalue weighted by Crippen LogP contribution is 2.41. The Hall–Kier alpha value is -3.70. The predicted octanol–water partition coefficient (Wildman–Crippen LogP) is 7.47. The lowest BCUT2D eigenvalue weighted by molar-refractivity contribution is 0.102. The van der Waals surface area contributed by atoms with Gasteiger partial charge in [-0.15, -0.1) is 5.11 Å². The molecule has 0 unspecified atom stereocenters. The molecule has 0 atom stereocenters. The third-order valence-electron chi connectivity index (χ3n) is 5.58. The van der Waals surface area contributed by atoms with E-state index < -0.39 is 26.7 Å². The SMILES string of the molecule is CCOc1ccc(Cl)c(NC(=O)c2cc3ccccc3c(N=Nc3cc(S(=O)(=O)O)cc(Cl)c3C)c2O)c1. The van der Waals surface area contributed by atoms with Crippen molar-refractivity contribution in [2.45, 2.75) is 18.7 Å². The summed E-state index contributed by atoms with van der Waals surface area (Å²) in [7, 11) is -4.56. The molecular weight excluding hydrogens is 553 g/mol. The van der Waals surface area contributed by atoms with Crippen molar-refractivity contribution >= 4 is 67.1 Å². The zero-order chi connectivity index (χ0) is 27.6. The summed E-state index contributed by atoms with van der Waals surface area (Å²) in [6, 6.07) is 15.4. The fraction of sp³-hybridized carbons (Fsp3) is 0.115. The van der Waals surface area contributed by atoms with Crippen LogP contribution in [0.4, 0.5) is 17.1 Å². The zero-order valence-electron chi connectivity index (χ0n) is 20.1. The summed E-state index contributed by atoms with van der Waals surface area (Å²) in [6.07, 6.45) is 0. The van der Waals surface area contributed by atoms with Crippen molar-refractivity contribution < 1.29 is 27.6 Å². The van der Waals surface area contributed by atoms with Crippen LogP contribution in [-0.2, 0) is 10.1 Å². The maximum absolute atomic E-state index is 13.2. The fourth-order valence-electron chi connectivity index (χ4n) is 3.63. The molecule has 0 saturated heterocycles. The summed E-state index contributed by atoms with van der Waals surface area (Å²) in [5, 5.41) is 23.4. The Morgan fingerprint density at radius 3 is 2.47 bits per heavy atom. The molecule has 0 aliphatic heterocycles. The number of rotatable bonds is 7. The highest BCUT2D eigenvalue weighted by molar-refractivity contribution is 7.85. The van der Waals surface area contributed by atoms with Crippen LogP contribution in [0.25, 0.3) is 10.8 Å². The van der Waals surface area contributed by atoms with Gasteiger partial charge in [-0.3, -0.25) is 9.35 Å². The summed E-state index contributed by atoms with van der Waals surface area (Å²) >= 11 is 12.4. The van der Waals surface area contributed by atoms with Crippen LogP contribution in [0.15, 0.2) is 75.8 Å². The Kier molecular flexibility index (Phi) is 7.89. The highest BCUT2D eigenvalue weighted by Gasteiger charge is 2.20. The number of ether oxygens (including phenoxy) is 1.